The maximum Gasteiger partial charge on any atom is 0.461 e. The quantitative estimate of drug-likeness (QED) is 0.193. The van der Waals surface area contributed by atoms with Gasteiger partial charge in [-0.25, -0.2) is 9.18 Å². The summed E-state index contributed by atoms with van der Waals surface area (Å²) in [6.07, 6.45) is -17.7. The van der Waals surface area contributed by atoms with Crippen molar-refractivity contribution in [1.29, 1.82) is 0 Å². The topological polar surface area (TPSA) is 67.8 Å². The van der Waals surface area contributed by atoms with Crippen LogP contribution in [-0.4, -0.2) is 49.5 Å². The van der Waals surface area contributed by atoms with Crippen LogP contribution in [0.1, 0.15) is 33.5 Å². The lowest BCUT2D eigenvalue weighted by Gasteiger charge is -2.38. The van der Waals surface area contributed by atoms with Crippen molar-refractivity contribution in [2.75, 3.05) is 13.7 Å². The van der Waals surface area contributed by atoms with E-state index < -0.39 is 60.9 Å². The van der Waals surface area contributed by atoms with E-state index in [4.69, 9.17) is 0 Å². The molecule has 0 aliphatic carbocycles. The van der Waals surface area contributed by atoms with Crippen molar-refractivity contribution in [1.82, 2.24) is 5.32 Å². The highest BCUT2D eigenvalue weighted by atomic mass is 19.4. The van der Waals surface area contributed by atoms with Crippen molar-refractivity contribution < 1.29 is 54.5 Å². The molecule has 3 aromatic rings. The average molecular weight is 591 g/mol. The van der Waals surface area contributed by atoms with Crippen LogP contribution in [-0.2, 0) is 16.7 Å². The van der Waals surface area contributed by atoms with Gasteiger partial charge in [0.05, 0.1) is 30.7 Å². The van der Waals surface area contributed by atoms with Crippen molar-refractivity contribution >= 4 is 5.97 Å². The Labute approximate surface area is 229 Å². The lowest BCUT2D eigenvalue weighted by molar-refractivity contribution is -0.253. The Morgan fingerprint density at radius 3 is 2.12 bits per heavy atom. The molecule has 0 saturated heterocycles. The normalized spacial score (nSPS) is 14.4. The van der Waals surface area contributed by atoms with Crippen LogP contribution in [0.25, 0.3) is 0 Å². The molecule has 3 aromatic carbocycles. The third kappa shape index (κ3) is 8.40. The molecule has 0 radical (unpaired) electrons. The van der Waals surface area contributed by atoms with Crippen LogP contribution < -0.4 is 10.1 Å². The number of ether oxygens (including phenoxy) is 2. The van der Waals surface area contributed by atoms with Crippen molar-refractivity contribution in [2.45, 2.75) is 43.2 Å². The van der Waals surface area contributed by atoms with E-state index in [1.807, 2.05) is 0 Å². The van der Waals surface area contributed by atoms with Crippen LogP contribution in [0.3, 0.4) is 0 Å². The third-order valence-electron chi connectivity index (χ3n) is 6.09. The number of carbonyl (C=O) groups excluding carboxylic acids is 1. The first kappa shape index (κ1) is 31.8. The Hall–Kier alpha value is -3.71. The Morgan fingerprint density at radius 2 is 1.56 bits per heavy atom. The average Bonchev–Trinajstić information content (AvgIpc) is 2.89. The Balaban J connectivity index is 2.23. The molecular weight excluding hydrogens is 566 g/mol. The minimum Gasteiger partial charge on any atom is -0.465 e. The molecule has 0 aromatic heterocycles. The molecular formula is C28H25F8NO4. The van der Waals surface area contributed by atoms with Crippen molar-refractivity contribution in [2.24, 2.45) is 0 Å². The number of rotatable bonds is 12. The van der Waals surface area contributed by atoms with Gasteiger partial charge in [-0.1, -0.05) is 42.5 Å². The summed E-state index contributed by atoms with van der Waals surface area (Å²) >= 11 is 0. The van der Waals surface area contributed by atoms with Gasteiger partial charge in [-0.2, -0.15) is 30.7 Å². The predicted molar refractivity (Wildman–Crippen MR) is 131 cm³/mol. The van der Waals surface area contributed by atoms with Gasteiger partial charge in [-0.3, -0.25) is 0 Å². The molecule has 0 amide bonds. The van der Waals surface area contributed by atoms with Gasteiger partial charge in [-0.15, -0.1) is 0 Å². The van der Waals surface area contributed by atoms with Gasteiger partial charge < -0.3 is 19.9 Å². The van der Waals surface area contributed by atoms with Crippen LogP contribution in [0.2, 0.25) is 0 Å². The number of nitrogens with one attached hydrogen (secondary N) is 1. The van der Waals surface area contributed by atoms with Crippen molar-refractivity contribution in [3.63, 3.8) is 0 Å². The molecule has 5 nitrogen and oxygen atoms in total. The van der Waals surface area contributed by atoms with Gasteiger partial charge in [0.15, 0.2) is 0 Å². The lowest BCUT2D eigenvalue weighted by atomic mass is 9.77. The summed E-state index contributed by atoms with van der Waals surface area (Å²) in [5, 5.41) is 13.0. The second-order valence-electron chi connectivity index (χ2n) is 9.13. The molecule has 2 N–H and O–H groups in total. The van der Waals surface area contributed by atoms with E-state index in [2.05, 4.69) is 14.8 Å². The summed E-state index contributed by atoms with van der Waals surface area (Å²) in [6, 6.07) is 15.8. The van der Waals surface area contributed by atoms with Crippen LogP contribution in [0.5, 0.6) is 5.75 Å². The Kier molecular flexibility index (Phi) is 9.98. The number of halogens is 8. The van der Waals surface area contributed by atoms with E-state index in [1.165, 1.54) is 24.3 Å². The second-order valence-corrected chi connectivity index (χ2v) is 9.13. The number of hydrogen-bond donors (Lipinski definition) is 2. The summed E-state index contributed by atoms with van der Waals surface area (Å²) in [7, 11) is 1.14. The zero-order chi connectivity index (χ0) is 30.4. The summed E-state index contributed by atoms with van der Waals surface area (Å²) in [6.45, 7) is -0.717. The predicted octanol–water partition coefficient (Wildman–Crippen LogP) is 6.24. The van der Waals surface area contributed by atoms with Crippen LogP contribution >= 0.6 is 0 Å². The molecule has 0 heterocycles. The summed E-state index contributed by atoms with van der Waals surface area (Å²) in [5.74, 6) is -2.87. The molecule has 0 aliphatic heterocycles. The third-order valence-corrected chi connectivity index (χ3v) is 6.09. The van der Waals surface area contributed by atoms with Gasteiger partial charge >= 0.3 is 24.7 Å². The van der Waals surface area contributed by atoms with E-state index in [-0.39, 0.29) is 23.1 Å². The largest absolute Gasteiger partial charge is 0.465 e. The number of methoxy groups -OCH3 is 1. The van der Waals surface area contributed by atoms with Gasteiger partial charge in [0.25, 0.3) is 0 Å². The molecule has 2 atom stereocenters. The standard InChI is InChI=1S/C28H25F8NO4/c1-40-24(39)18-7-9-19(10-8-18)26(14-17-5-3-2-4-6-17,37-16-22(38)15-27(32,33)34)20-11-21(29)13-23(12-20)41-28(35,36)25(30)31/h2-13,22,25,37-38H,14-16H2,1H3/t22-,26+/m0/s1. The fourth-order valence-electron chi connectivity index (χ4n) is 4.25. The van der Waals surface area contributed by atoms with E-state index in [0.29, 0.717) is 11.6 Å². The second kappa shape index (κ2) is 12.9. The maximum absolute atomic E-state index is 14.8. The highest BCUT2D eigenvalue weighted by Gasteiger charge is 2.45. The molecule has 0 aliphatic rings. The molecule has 13 heteroatoms. The fourth-order valence-corrected chi connectivity index (χ4v) is 4.25. The molecule has 3 rings (SSSR count). The monoisotopic (exact) mass is 591 g/mol. The Bertz CT molecular complexity index is 1300. The highest BCUT2D eigenvalue weighted by Crippen LogP contribution is 2.38. The first-order valence-electron chi connectivity index (χ1n) is 12.0. The smallest absolute Gasteiger partial charge is 0.461 e. The summed E-state index contributed by atoms with van der Waals surface area (Å²) in [5.41, 5.74) is -1.14. The molecule has 0 bridgehead atoms. The summed E-state index contributed by atoms with van der Waals surface area (Å²) < 4.78 is 116. The number of alkyl halides is 7. The van der Waals surface area contributed by atoms with Gasteiger partial charge in [0.1, 0.15) is 11.6 Å². The summed E-state index contributed by atoms with van der Waals surface area (Å²) in [4.78, 5) is 12.0. The van der Waals surface area contributed by atoms with Crippen LogP contribution in [0.15, 0.2) is 72.8 Å². The van der Waals surface area contributed by atoms with Crippen LogP contribution in [0, 0.1) is 5.82 Å². The first-order valence-corrected chi connectivity index (χ1v) is 12.0. The minimum absolute atomic E-state index is 0.0850. The molecule has 0 fully saturated rings. The fraction of sp³-hybridized carbons (Fsp3) is 0.321. The van der Waals surface area contributed by atoms with Crippen molar-refractivity contribution in [3.8, 4) is 5.75 Å². The number of esters is 1. The first-order chi connectivity index (χ1) is 19.1. The van der Waals surface area contributed by atoms with E-state index >= 15 is 0 Å². The molecule has 0 spiro atoms. The van der Waals surface area contributed by atoms with E-state index in [0.717, 1.165) is 19.2 Å². The van der Waals surface area contributed by atoms with Crippen molar-refractivity contribution in [3.05, 3.63) is 101 Å². The zero-order valence-electron chi connectivity index (χ0n) is 21.4. The molecule has 0 unspecified atom stereocenters. The van der Waals surface area contributed by atoms with E-state index in [1.54, 1.807) is 30.3 Å². The zero-order valence-corrected chi connectivity index (χ0v) is 21.4. The highest BCUT2D eigenvalue weighted by molar-refractivity contribution is 5.89. The number of benzene rings is 3. The number of carbonyl (C=O) groups is 1. The van der Waals surface area contributed by atoms with Gasteiger partial charge in [0.2, 0.25) is 0 Å². The number of aliphatic hydroxyl groups is 1. The molecule has 222 valence electrons. The number of aliphatic hydroxyl groups excluding tert-OH is 1. The SMILES string of the molecule is COC(=O)c1ccc([C@@](Cc2ccccc2)(NC[C@@H](O)CC(F)(F)F)c2cc(F)cc(OC(F)(F)C(F)F)c2)cc1. The number of hydrogen-bond acceptors (Lipinski definition) is 5. The van der Waals surface area contributed by atoms with Gasteiger partial charge in [0, 0.05) is 12.6 Å². The van der Waals surface area contributed by atoms with Gasteiger partial charge in [-0.05, 0) is 47.4 Å². The molecule has 41 heavy (non-hydrogen) atoms. The lowest BCUT2D eigenvalue weighted by Crippen LogP contribution is -2.49. The van der Waals surface area contributed by atoms with E-state index in [9.17, 15) is 45.0 Å². The van der Waals surface area contributed by atoms with Crippen LogP contribution in [0.4, 0.5) is 35.1 Å². The Morgan fingerprint density at radius 1 is 0.927 bits per heavy atom. The minimum atomic E-state index is -4.98. The molecule has 0 saturated carbocycles. The maximum atomic E-state index is 14.8.